The molecule has 0 fully saturated rings. The number of hydrogen-bond donors (Lipinski definition) is 0. The minimum Gasteiger partial charge on any atom is -0.465 e. The van der Waals surface area contributed by atoms with E-state index in [1.807, 2.05) is 49.4 Å². The van der Waals surface area contributed by atoms with E-state index in [1.165, 1.54) is 0 Å². The van der Waals surface area contributed by atoms with Crippen LogP contribution >= 0.6 is 0 Å². The fourth-order valence-electron chi connectivity index (χ4n) is 4.69. The van der Waals surface area contributed by atoms with Crippen LogP contribution in [0.15, 0.2) is 71.1 Å². The molecular formula is C26H28N2O3. The van der Waals surface area contributed by atoms with Crippen molar-refractivity contribution in [3.63, 3.8) is 0 Å². The third-order valence-corrected chi connectivity index (χ3v) is 6.10. The molecule has 1 aliphatic heterocycles. The lowest BCUT2D eigenvalue weighted by molar-refractivity contribution is -0.146. The van der Waals surface area contributed by atoms with E-state index in [9.17, 15) is 9.59 Å². The van der Waals surface area contributed by atoms with E-state index in [2.05, 4.69) is 18.8 Å². The molecule has 2 heterocycles. The molecule has 4 rings (SSSR count). The predicted molar refractivity (Wildman–Crippen MR) is 120 cm³/mol. The molecular weight excluding hydrogens is 388 g/mol. The quantitative estimate of drug-likeness (QED) is 0.664. The Labute approximate surface area is 183 Å². The van der Waals surface area contributed by atoms with Gasteiger partial charge in [0.05, 0.1) is 6.61 Å². The predicted octanol–water partition coefficient (Wildman–Crippen LogP) is 4.69. The summed E-state index contributed by atoms with van der Waals surface area (Å²) in [5.74, 6) is -1.25. The average molecular weight is 417 g/mol. The molecule has 0 spiro atoms. The van der Waals surface area contributed by atoms with Crippen molar-refractivity contribution in [3.05, 3.63) is 77.3 Å². The molecule has 0 amide bonds. The molecule has 5 nitrogen and oxygen atoms in total. The Morgan fingerprint density at radius 1 is 1.10 bits per heavy atom. The van der Waals surface area contributed by atoms with Gasteiger partial charge in [-0.15, -0.1) is 0 Å². The summed E-state index contributed by atoms with van der Waals surface area (Å²) in [6.07, 6.45) is 5.23. The van der Waals surface area contributed by atoms with Gasteiger partial charge in [0.2, 0.25) is 0 Å². The first-order valence-electron chi connectivity index (χ1n) is 10.8. The summed E-state index contributed by atoms with van der Waals surface area (Å²) < 4.78 is 5.69. The molecule has 0 radical (unpaired) electrons. The van der Waals surface area contributed by atoms with Gasteiger partial charge in [0.25, 0.3) is 0 Å². The number of aromatic nitrogens is 1. The van der Waals surface area contributed by atoms with Crippen molar-refractivity contribution in [1.82, 2.24) is 4.98 Å². The molecule has 2 atom stereocenters. The minimum atomic E-state index is -0.609. The zero-order valence-corrected chi connectivity index (χ0v) is 18.3. The molecule has 0 N–H and O–H groups in total. The second-order valence-corrected chi connectivity index (χ2v) is 9.19. The number of esters is 1. The van der Waals surface area contributed by atoms with Crippen LogP contribution in [0.2, 0.25) is 0 Å². The topological polar surface area (TPSA) is 68.6 Å². The maximum atomic E-state index is 13.2. The summed E-state index contributed by atoms with van der Waals surface area (Å²) in [6, 6.07) is 13.7. The molecule has 0 saturated carbocycles. The Kier molecular flexibility index (Phi) is 5.86. The van der Waals surface area contributed by atoms with Crippen LogP contribution in [-0.2, 0) is 20.7 Å². The minimum absolute atomic E-state index is 0.0754. The van der Waals surface area contributed by atoms with Gasteiger partial charge in [-0.2, -0.15) is 0 Å². The summed E-state index contributed by atoms with van der Waals surface area (Å²) in [4.78, 5) is 35.3. The number of nitrogens with zero attached hydrogens (tertiary/aromatic N) is 2. The van der Waals surface area contributed by atoms with Crippen molar-refractivity contribution < 1.29 is 14.3 Å². The van der Waals surface area contributed by atoms with E-state index in [4.69, 9.17) is 9.73 Å². The van der Waals surface area contributed by atoms with Gasteiger partial charge in [-0.25, -0.2) is 0 Å². The van der Waals surface area contributed by atoms with Gasteiger partial charge in [0, 0.05) is 48.1 Å². The van der Waals surface area contributed by atoms with Crippen molar-refractivity contribution in [2.45, 2.75) is 46.0 Å². The third kappa shape index (κ3) is 4.50. The fourth-order valence-corrected chi connectivity index (χ4v) is 4.69. The number of Topliss-reactive ketones (excluding diaryl/α,β-unsaturated/α-hetero) is 1. The summed E-state index contributed by atoms with van der Waals surface area (Å²) in [5, 5.41) is 0. The molecule has 1 aromatic heterocycles. The van der Waals surface area contributed by atoms with Crippen LogP contribution in [0, 0.1) is 11.3 Å². The van der Waals surface area contributed by atoms with Crippen LogP contribution in [0.25, 0.3) is 0 Å². The molecule has 2 aliphatic rings. The number of hydrogen-bond acceptors (Lipinski definition) is 5. The van der Waals surface area contributed by atoms with Gasteiger partial charge in [-0.05, 0) is 42.0 Å². The lowest BCUT2D eigenvalue weighted by Crippen LogP contribution is -2.39. The average Bonchev–Trinajstić information content (AvgIpc) is 2.73. The number of carbonyl (C=O) groups is 2. The molecule has 0 bridgehead atoms. The molecule has 1 aliphatic carbocycles. The highest BCUT2D eigenvalue weighted by Gasteiger charge is 2.45. The van der Waals surface area contributed by atoms with Crippen molar-refractivity contribution in [3.8, 4) is 0 Å². The Hall–Kier alpha value is -3.08. The molecule has 160 valence electrons. The fraction of sp³-hybridized carbons (Fsp3) is 0.385. The molecule has 1 aromatic carbocycles. The van der Waals surface area contributed by atoms with E-state index >= 15 is 0 Å². The zero-order valence-electron chi connectivity index (χ0n) is 18.3. The number of pyridine rings is 1. The number of ether oxygens (including phenoxy) is 1. The molecule has 2 aromatic rings. The SMILES string of the molecule is CC1=NC2=C(C(=O)CC(C)(C)C2)[C@H](c2ccncc2)C1C(=O)OCCc1ccccc1. The zero-order chi connectivity index (χ0) is 22.0. The summed E-state index contributed by atoms with van der Waals surface area (Å²) >= 11 is 0. The summed E-state index contributed by atoms with van der Waals surface area (Å²) in [6.45, 7) is 6.34. The van der Waals surface area contributed by atoms with E-state index < -0.39 is 5.92 Å². The first-order chi connectivity index (χ1) is 14.9. The third-order valence-electron chi connectivity index (χ3n) is 6.10. The van der Waals surface area contributed by atoms with E-state index in [1.54, 1.807) is 12.4 Å². The molecule has 1 unspecified atom stereocenters. The van der Waals surface area contributed by atoms with Crippen LogP contribution in [-0.4, -0.2) is 29.1 Å². The summed E-state index contributed by atoms with van der Waals surface area (Å²) in [5.41, 5.74) is 4.07. The number of ketones is 1. The number of rotatable bonds is 5. The van der Waals surface area contributed by atoms with Crippen LogP contribution in [0.3, 0.4) is 0 Å². The molecule has 0 saturated heterocycles. The van der Waals surface area contributed by atoms with Crippen LogP contribution in [0.5, 0.6) is 0 Å². The highest BCUT2D eigenvalue weighted by Crippen LogP contribution is 2.47. The van der Waals surface area contributed by atoms with E-state index in [-0.39, 0.29) is 23.1 Å². The Morgan fingerprint density at radius 3 is 2.52 bits per heavy atom. The Bertz CT molecular complexity index is 1040. The van der Waals surface area contributed by atoms with E-state index in [0.29, 0.717) is 30.7 Å². The van der Waals surface area contributed by atoms with Crippen molar-refractivity contribution in [2.24, 2.45) is 16.3 Å². The van der Waals surface area contributed by atoms with Crippen molar-refractivity contribution >= 4 is 17.5 Å². The lowest BCUT2D eigenvalue weighted by Gasteiger charge is -2.38. The monoisotopic (exact) mass is 416 g/mol. The second kappa shape index (κ2) is 8.58. The number of allylic oxidation sites excluding steroid dienone is 2. The highest BCUT2D eigenvalue weighted by molar-refractivity contribution is 6.09. The van der Waals surface area contributed by atoms with Crippen molar-refractivity contribution in [1.29, 1.82) is 0 Å². The summed E-state index contributed by atoms with van der Waals surface area (Å²) in [7, 11) is 0. The van der Waals surface area contributed by atoms with Gasteiger partial charge in [0.1, 0.15) is 5.92 Å². The molecule has 5 heteroatoms. The van der Waals surface area contributed by atoms with Crippen LogP contribution in [0.1, 0.15) is 50.7 Å². The smallest absolute Gasteiger partial charge is 0.315 e. The Morgan fingerprint density at radius 2 is 1.81 bits per heavy atom. The highest BCUT2D eigenvalue weighted by atomic mass is 16.5. The van der Waals surface area contributed by atoms with Gasteiger partial charge in [-0.3, -0.25) is 19.6 Å². The van der Waals surface area contributed by atoms with Gasteiger partial charge >= 0.3 is 5.97 Å². The number of benzene rings is 1. The van der Waals surface area contributed by atoms with Crippen LogP contribution in [0.4, 0.5) is 0 Å². The maximum absolute atomic E-state index is 13.2. The second-order valence-electron chi connectivity index (χ2n) is 9.19. The standard InChI is InChI=1S/C26H28N2O3/c1-17-22(25(30)31-14-11-18-7-5-4-6-8-18)23(19-9-12-27-13-10-19)24-20(28-17)15-26(2,3)16-21(24)29/h4-10,12-13,22-23H,11,14-16H2,1-3H3/t22?,23-/m1/s1. The van der Waals surface area contributed by atoms with E-state index in [0.717, 1.165) is 23.2 Å². The number of carbonyl (C=O) groups excluding carboxylic acids is 2. The lowest BCUT2D eigenvalue weighted by atomic mass is 9.67. The van der Waals surface area contributed by atoms with Crippen molar-refractivity contribution in [2.75, 3.05) is 6.61 Å². The molecule has 31 heavy (non-hydrogen) atoms. The first-order valence-corrected chi connectivity index (χ1v) is 10.8. The Balaban J connectivity index is 1.63. The van der Waals surface area contributed by atoms with Gasteiger partial charge in [-0.1, -0.05) is 44.2 Å². The van der Waals surface area contributed by atoms with Gasteiger partial charge in [0.15, 0.2) is 5.78 Å². The first kappa shape index (κ1) is 21.2. The largest absolute Gasteiger partial charge is 0.465 e. The van der Waals surface area contributed by atoms with Gasteiger partial charge < -0.3 is 4.74 Å². The van der Waals surface area contributed by atoms with Crippen LogP contribution < -0.4 is 0 Å². The number of aliphatic imine (C=N–C) groups is 1. The maximum Gasteiger partial charge on any atom is 0.315 e. The normalized spacial score (nSPS) is 22.5.